The van der Waals surface area contributed by atoms with E-state index < -0.39 is 50.8 Å². The quantitative estimate of drug-likeness (QED) is 0.854. The van der Waals surface area contributed by atoms with E-state index in [-0.39, 0.29) is 4.31 Å². The molecule has 0 bridgehead atoms. The smallest absolute Gasteiger partial charge is 0.402 e. The number of aromatic carboxylic acids is 1. The molecule has 1 aromatic rings. The van der Waals surface area contributed by atoms with Crippen LogP contribution < -0.4 is 0 Å². The number of benzene rings is 1. The first-order chi connectivity index (χ1) is 9.38. The van der Waals surface area contributed by atoms with Crippen LogP contribution in [-0.2, 0) is 10.0 Å². The molecule has 0 atom stereocenters. The van der Waals surface area contributed by atoms with Crippen LogP contribution in [0.25, 0.3) is 0 Å². The summed E-state index contributed by atoms with van der Waals surface area (Å²) < 4.78 is 86.8. The summed E-state index contributed by atoms with van der Waals surface area (Å²) in [4.78, 5) is 9.30. The maximum atomic E-state index is 13.8. The molecule has 0 aliphatic heterocycles. The van der Waals surface area contributed by atoms with Gasteiger partial charge in [0.2, 0.25) is 10.0 Å². The Labute approximate surface area is 115 Å². The summed E-state index contributed by atoms with van der Waals surface area (Å²) in [5.41, 5.74) is -1.56. The lowest BCUT2D eigenvalue weighted by atomic mass is 10.2. The van der Waals surface area contributed by atoms with Crippen LogP contribution >= 0.6 is 0 Å². The number of carbonyl (C=O) groups is 1. The molecule has 0 aliphatic rings. The minimum Gasteiger partial charge on any atom is -0.477 e. The van der Waals surface area contributed by atoms with Gasteiger partial charge in [0.15, 0.2) is 5.82 Å². The molecule has 0 fully saturated rings. The Hall–Kier alpha value is -1.75. The molecule has 118 valence electrons. The number of nitrogens with zero attached hydrogens (tertiary/aromatic N) is 1. The fraction of sp³-hybridized carbons (Fsp3) is 0.300. The maximum absolute atomic E-state index is 13.8. The van der Waals surface area contributed by atoms with Gasteiger partial charge in [-0.05, 0) is 12.1 Å². The van der Waals surface area contributed by atoms with Gasteiger partial charge in [-0.15, -0.1) is 0 Å². The van der Waals surface area contributed by atoms with E-state index >= 15 is 0 Å². The molecule has 0 amide bonds. The number of halogens is 5. The van der Waals surface area contributed by atoms with Gasteiger partial charge >= 0.3 is 12.1 Å². The molecule has 0 heterocycles. The van der Waals surface area contributed by atoms with E-state index in [0.717, 1.165) is 0 Å². The number of hydrogen-bond acceptors (Lipinski definition) is 3. The highest BCUT2D eigenvalue weighted by molar-refractivity contribution is 7.89. The first kappa shape index (κ1) is 17.3. The Morgan fingerprint density at radius 3 is 2.24 bits per heavy atom. The van der Waals surface area contributed by atoms with Crippen molar-refractivity contribution in [3.8, 4) is 0 Å². The number of carboxylic acids is 1. The first-order valence-electron chi connectivity index (χ1n) is 5.12. The third kappa shape index (κ3) is 3.67. The number of sulfonamides is 1. The monoisotopic (exact) mass is 333 g/mol. The van der Waals surface area contributed by atoms with Crippen LogP contribution in [0.2, 0.25) is 0 Å². The van der Waals surface area contributed by atoms with Gasteiger partial charge in [0.25, 0.3) is 0 Å². The van der Waals surface area contributed by atoms with Crippen molar-refractivity contribution in [3.05, 3.63) is 29.3 Å². The molecular weight excluding hydrogens is 325 g/mol. The summed E-state index contributed by atoms with van der Waals surface area (Å²) in [5.74, 6) is -5.59. The van der Waals surface area contributed by atoms with Crippen LogP contribution in [0.1, 0.15) is 10.4 Å². The van der Waals surface area contributed by atoms with E-state index in [2.05, 4.69) is 0 Å². The third-order valence-electron chi connectivity index (χ3n) is 2.36. The van der Waals surface area contributed by atoms with E-state index in [1.54, 1.807) is 0 Å². The molecule has 1 N–H and O–H groups in total. The number of rotatable bonds is 4. The molecule has 5 nitrogen and oxygen atoms in total. The molecule has 0 spiro atoms. The van der Waals surface area contributed by atoms with Crippen molar-refractivity contribution in [3.63, 3.8) is 0 Å². The third-order valence-corrected chi connectivity index (χ3v) is 4.18. The topological polar surface area (TPSA) is 74.7 Å². The zero-order valence-electron chi connectivity index (χ0n) is 10.3. The second-order valence-electron chi connectivity index (χ2n) is 3.92. The van der Waals surface area contributed by atoms with Crippen molar-refractivity contribution in [1.82, 2.24) is 4.31 Å². The second kappa shape index (κ2) is 5.56. The van der Waals surface area contributed by atoms with E-state index in [1.807, 2.05) is 0 Å². The summed E-state index contributed by atoms with van der Waals surface area (Å²) in [5, 5.41) is 8.59. The second-order valence-corrected chi connectivity index (χ2v) is 5.93. The standard InChI is InChI=1S/C10H8F5NO4S/c1-16(4-10(13,14)15)21(19,20)6-3-2-5(11)7(8(6)12)9(17)18/h2-3H,4H2,1H3,(H,17,18). The predicted molar refractivity (Wildman–Crippen MR) is 59.2 cm³/mol. The van der Waals surface area contributed by atoms with Crippen LogP contribution in [0.5, 0.6) is 0 Å². The van der Waals surface area contributed by atoms with Crippen LogP contribution in [0.4, 0.5) is 22.0 Å². The number of alkyl halides is 3. The molecule has 1 aromatic carbocycles. The SMILES string of the molecule is CN(CC(F)(F)F)S(=O)(=O)c1ccc(F)c(C(=O)O)c1F. The molecule has 21 heavy (non-hydrogen) atoms. The van der Waals surface area contributed by atoms with Crippen molar-refractivity contribution in [2.24, 2.45) is 0 Å². The zero-order valence-corrected chi connectivity index (χ0v) is 11.1. The van der Waals surface area contributed by atoms with Gasteiger partial charge in [0.1, 0.15) is 22.8 Å². The molecule has 11 heteroatoms. The van der Waals surface area contributed by atoms with Gasteiger partial charge in [0, 0.05) is 7.05 Å². The summed E-state index contributed by atoms with van der Waals surface area (Å²) in [6.45, 7) is -1.91. The highest BCUT2D eigenvalue weighted by Crippen LogP contribution is 2.26. The fourth-order valence-electron chi connectivity index (χ4n) is 1.43. The van der Waals surface area contributed by atoms with Crippen molar-refractivity contribution >= 4 is 16.0 Å². The highest BCUT2D eigenvalue weighted by atomic mass is 32.2. The normalized spacial score (nSPS) is 12.7. The van der Waals surface area contributed by atoms with Crippen molar-refractivity contribution in [1.29, 1.82) is 0 Å². The zero-order chi connectivity index (χ0) is 16.6. The lowest BCUT2D eigenvalue weighted by molar-refractivity contribution is -0.134. The lowest BCUT2D eigenvalue weighted by Crippen LogP contribution is -2.36. The number of hydrogen-bond donors (Lipinski definition) is 1. The Kier molecular flexibility index (Phi) is 4.58. The molecule has 0 aromatic heterocycles. The van der Waals surface area contributed by atoms with E-state index in [4.69, 9.17) is 5.11 Å². The molecule has 0 aliphatic carbocycles. The van der Waals surface area contributed by atoms with Gasteiger partial charge in [0.05, 0.1) is 0 Å². The molecule has 1 rings (SSSR count). The Balaban J connectivity index is 3.40. The average Bonchev–Trinajstić information content (AvgIpc) is 2.25. The van der Waals surface area contributed by atoms with Crippen LogP contribution in [0.3, 0.4) is 0 Å². The predicted octanol–water partition coefficient (Wildman–Crippen LogP) is 1.85. The molecule has 0 radical (unpaired) electrons. The van der Waals surface area contributed by atoms with Gasteiger partial charge < -0.3 is 5.11 Å². The Morgan fingerprint density at radius 2 is 1.81 bits per heavy atom. The minimum atomic E-state index is -4.97. The minimum absolute atomic E-state index is 0.213. The molecule has 0 unspecified atom stereocenters. The largest absolute Gasteiger partial charge is 0.477 e. The van der Waals surface area contributed by atoms with E-state index in [9.17, 15) is 35.2 Å². The summed E-state index contributed by atoms with van der Waals surface area (Å²) in [6.07, 6.45) is -4.88. The van der Waals surface area contributed by atoms with E-state index in [1.165, 1.54) is 0 Å². The maximum Gasteiger partial charge on any atom is 0.402 e. The van der Waals surface area contributed by atoms with Gasteiger partial charge in [-0.1, -0.05) is 0 Å². The van der Waals surface area contributed by atoms with Gasteiger partial charge in [-0.2, -0.15) is 17.5 Å². The fourth-order valence-corrected chi connectivity index (χ4v) is 2.65. The summed E-state index contributed by atoms with van der Waals surface area (Å²) in [7, 11) is -4.43. The highest BCUT2D eigenvalue weighted by Gasteiger charge is 2.37. The Bertz CT molecular complexity index is 671. The van der Waals surface area contributed by atoms with Crippen molar-refractivity contribution in [2.45, 2.75) is 11.1 Å². The van der Waals surface area contributed by atoms with E-state index in [0.29, 0.717) is 19.2 Å². The van der Waals surface area contributed by atoms with Gasteiger partial charge in [-0.25, -0.2) is 22.0 Å². The average molecular weight is 333 g/mol. The summed E-state index contributed by atoms with van der Waals surface area (Å²) >= 11 is 0. The van der Waals surface area contributed by atoms with Crippen LogP contribution in [0, 0.1) is 11.6 Å². The van der Waals surface area contributed by atoms with Crippen LogP contribution in [-0.4, -0.2) is 43.6 Å². The van der Waals surface area contributed by atoms with Crippen molar-refractivity contribution in [2.75, 3.05) is 13.6 Å². The molecule has 0 saturated carbocycles. The number of carboxylic acid groups (broad SMARTS) is 1. The summed E-state index contributed by atoms with van der Waals surface area (Å²) in [6, 6.07) is 0.708. The Morgan fingerprint density at radius 1 is 1.29 bits per heavy atom. The molecule has 0 saturated heterocycles. The first-order valence-corrected chi connectivity index (χ1v) is 6.56. The van der Waals surface area contributed by atoms with Gasteiger partial charge in [-0.3, -0.25) is 0 Å². The molecular formula is C10H8F5NO4S. The lowest BCUT2D eigenvalue weighted by Gasteiger charge is -2.19. The van der Waals surface area contributed by atoms with Crippen LogP contribution in [0.15, 0.2) is 17.0 Å². The van der Waals surface area contributed by atoms with Crippen molar-refractivity contribution < 1.29 is 40.3 Å².